The van der Waals surface area contributed by atoms with E-state index in [0.29, 0.717) is 12.4 Å². The van der Waals surface area contributed by atoms with Gasteiger partial charge in [-0.1, -0.05) is 33.8 Å². The van der Waals surface area contributed by atoms with Gasteiger partial charge in [-0.25, -0.2) is 4.79 Å². The van der Waals surface area contributed by atoms with Gasteiger partial charge in [-0.2, -0.15) is 0 Å². The highest BCUT2D eigenvalue weighted by molar-refractivity contribution is 5.87. The van der Waals surface area contributed by atoms with Crippen molar-refractivity contribution >= 4 is 24.5 Å². The number of fused-ring (bicyclic) bond motifs is 1. The first-order valence-corrected chi connectivity index (χ1v) is 8.40. The molecule has 1 aliphatic heterocycles. The number of halogens is 1. The maximum Gasteiger partial charge on any atom is 0.330 e. The summed E-state index contributed by atoms with van der Waals surface area (Å²) in [5.41, 5.74) is 0.799. The molecule has 1 aromatic rings. The van der Waals surface area contributed by atoms with Gasteiger partial charge in [0.05, 0.1) is 6.61 Å². The van der Waals surface area contributed by atoms with Crippen molar-refractivity contribution in [1.82, 2.24) is 4.90 Å². The van der Waals surface area contributed by atoms with Crippen molar-refractivity contribution in [3.05, 3.63) is 29.8 Å². The molecule has 0 saturated heterocycles. The lowest BCUT2D eigenvalue weighted by atomic mass is 9.94. The molecule has 0 atom stereocenters. The highest BCUT2D eigenvalue weighted by Gasteiger charge is 2.22. The number of carbonyl (C=O) groups is 1. The molecule has 0 unspecified atom stereocenters. The van der Waals surface area contributed by atoms with Gasteiger partial charge in [-0.05, 0) is 36.9 Å². The highest BCUT2D eigenvalue weighted by atomic mass is 35.5. The van der Waals surface area contributed by atoms with Crippen molar-refractivity contribution < 1.29 is 19.0 Å². The quantitative estimate of drug-likeness (QED) is 0.515. The van der Waals surface area contributed by atoms with Crippen LogP contribution in [0, 0.1) is 5.41 Å². The third-order valence-corrected chi connectivity index (χ3v) is 3.96. The molecule has 0 radical (unpaired) electrons. The zero-order valence-corrected chi connectivity index (χ0v) is 16.2. The van der Waals surface area contributed by atoms with Crippen molar-refractivity contribution in [2.45, 2.75) is 27.7 Å². The van der Waals surface area contributed by atoms with Crippen LogP contribution in [0.1, 0.15) is 33.3 Å². The molecule has 0 aromatic heterocycles. The summed E-state index contributed by atoms with van der Waals surface area (Å²) in [5, 5.41) is 0. The Kier molecular flexibility index (Phi) is 8.26. The third kappa shape index (κ3) is 6.59. The van der Waals surface area contributed by atoms with Gasteiger partial charge in [0.15, 0.2) is 11.5 Å². The van der Waals surface area contributed by atoms with Crippen LogP contribution >= 0.6 is 12.4 Å². The Labute approximate surface area is 156 Å². The molecule has 5 nitrogen and oxygen atoms in total. The predicted molar refractivity (Wildman–Crippen MR) is 101 cm³/mol. The van der Waals surface area contributed by atoms with E-state index >= 15 is 0 Å². The van der Waals surface area contributed by atoms with Crippen LogP contribution < -0.4 is 9.47 Å². The monoisotopic (exact) mass is 369 g/mol. The molecule has 140 valence electrons. The summed E-state index contributed by atoms with van der Waals surface area (Å²) in [6.07, 6.45) is 3.17. The van der Waals surface area contributed by atoms with Gasteiger partial charge in [0, 0.05) is 18.0 Å². The van der Waals surface area contributed by atoms with E-state index in [4.69, 9.17) is 14.2 Å². The molecule has 2 rings (SSSR count). The molecule has 6 heteroatoms. The number of ether oxygens (including phenoxy) is 3. The Hall–Kier alpha value is -1.72. The number of rotatable bonds is 8. The number of carbonyl (C=O) groups excluding carboxylic acids is 1. The maximum atomic E-state index is 11.9. The molecule has 0 fully saturated rings. The second-order valence-electron chi connectivity index (χ2n) is 6.68. The van der Waals surface area contributed by atoms with Gasteiger partial charge in [0.25, 0.3) is 0 Å². The highest BCUT2D eigenvalue weighted by Crippen LogP contribution is 2.32. The van der Waals surface area contributed by atoms with Crippen LogP contribution in [-0.4, -0.2) is 43.9 Å². The van der Waals surface area contributed by atoms with E-state index in [0.717, 1.165) is 30.9 Å². The fourth-order valence-electron chi connectivity index (χ4n) is 2.59. The van der Waals surface area contributed by atoms with Crippen LogP contribution in [-0.2, 0) is 9.53 Å². The number of benzene rings is 1. The fourth-order valence-corrected chi connectivity index (χ4v) is 2.59. The largest absolute Gasteiger partial charge is 0.462 e. The van der Waals surface area contributed by atoms with Gasteiger partial charge in [0.1, 0.15) is 0 Å². The van der Waals surface area contributed by atoms with Gasteiger partial charge in [-0.15, -0.1) is 12.4 Å². The van der Waals surface area contributed by atoms with E-state index in [1.165, 1.54) is 6.08 Å². The Morgan fingerprint density at radius 1 is 1.24 bits per heavy atom. The summed E-state index contributed by atoms with van der Waals surface area (Å²) < 4.78 is 16.0. The molecule has 1 aromatic carbocycles. The molecule has 0 saturated carbocycles. The lowest BCUT2D eigenvalue weighted by Gasteiger charge is -2.30. The Morgan fingerprint density at radius 2 is 1.92 bits per heavy atom. The van der Waals surface area contributed by atoms with Crippen LogP contribution in [0.15, 0.2) is 24.3 Å². The van der Waals surface area contributed by atoms with E-state index in [9.17, 15) is 4.79 Å². The van der Waals surface area contributed by atoms with Crippen LogP contribution in [0.2, 0.25) is 0 Å². The summed E-state index contributed by atoms with van der Waals surface area (Å²) in [6, 6.07) is 5.55. The van der Waals surface area contributed by atoms with Crippen LogP contribution in [0.3, 0.4) is 0 Å². The van der Waals surface area contributed by atoms with Gasteiger partial charge >= 0.3 is 5.97 Å². The van der Waals surface area contributed by atoms with E-state index in [1.807, 2.05) is 18.2 Å². The second kappa shape index (κ2) is 9.68. The topological polar surface area (TPSA) is 48.0 Å². The van der Waals surface area contributed by atoms with Crippen molar-refractivity contribution in [1.29, 1.82) is 0 Å². The number of esters is 1. The summed E-state index contributed by atoms with van der Waals surface area (Å²) in [4.78, 5) is 14.3. The lowest BCUT2D eigenvalue weighted by Crippen LogP contribution is -2.37. The van der Waals surface area contributed by atoms with Gasteiger partial charge in [-0.3, -0.25) is 0 Å². The average molecular weight is 370 g/mol. The van der Waals surface area contributed by atoms with Gasteiger partial charge in [0.2, 0.25) is 6.79 Å². The van der Waals surface area contributed by atoms with Crippen molar-refractivity contribution in [2.75, 3.05) is 33.0 Å². The predicted octanol–water partition coefficient (Wildman–Crippen LogP) is 3.76. The molecular formula is C19H28ClNO4. The summed E-state index contributed by atoms with van der Waals surface area (Å²) in [5.74, 6) is 1.10. The Bertz CT molecular complexity index is 597. The summed E-state index contributed by atoms with van der Waals surface area (Å²) in [7, 11) is 0. The third-order valence-electron chi connectivity index (χ3n) is 3.96. The van der Waals surface area contributed by atoms with E-state index in [2.05, 4.69) is 32.6 Å². The number of nitrogens with zero attached hydrogens (tertiary/aromatic N) is 1. The maximum absolute atomic E-state index is 11.9. The SMILES string of the molecule is CCN(CC)CC(C)(C)COC(=O)/C=C/c1ccc2c(c1)OCO2.Cl. The molecule has 0 bridgehead atoms. The average Bonchev–Trinajstić information content (AvgIpc) is 3.03. The van der Waals surface area contributed by atoms with Crippen LogP contribution in [0.5, 0.6) is 11.5 Å². The lowest BCUT2D eigenvalue weighted by molar-refractivity contribution is -0.141. The fraction of sp³-hybridized carbons (Fsp3) is 0.526. The number of hydrogen-bond donors (Lipinski definition) is 0. The van der Waals surface area contributed by atoms with E-state index < -0.39 is 0 Å². The Balaban J connectivity index is 0.00000312. The molecule has 25 heavy (non-hydrogen) atoms. The first-order valence-electron chi connectivity index (χ1n) is 8.40. The normalized spacial score (nSPS) is 13.2. The van der Waals surface area contributed by atoms with Crippen LogP contribution in [0.4, 0.5) is 0 Å². The first-order chi connectivity index (χ1) is 11.4. The molecule has 0 spiro atoms. The standard InChI is InChI=1S/C19H27NO4.ClH/c1-5-20(6-2)12-19(3,4)13-22-18(21)10-8-15-7-9-16-17(11-15)24-14-23-16;/h7-11H,5-6,12-14H2,1-4H3;1H/b10-8+;. The number of hydrogen-bond acceptors (Lipinski definition) is 5. The molecule has 1 heterocycles. The molecule has 0 amide bonds. The van der Waals surface area contributed by atoms with E-state index in [-0.39, 0.29) is 30.6 Å². The molecule has 0 N–H and O–H groups in total. The molecule has 1 aliphatic rings. The van der Waals surface area contributed by atoms with Crippen molar-refractivity contribution in [2.24, 2.45) is 5.41 Å². The van der Waals surface area contributed by atoms with Crippen molar-refractivity contribution in [3.8, 4) is 11.5 Å². The minimum atomic E-state index is -0.333. The van der Waals surface area contributed by atoms with Crippen molar-refractivity contribution in [3.63, 3.8) is 0 Å². The minimum Gasteiger partial charge on any atom is -0.462 e. The van der Waals surface area contributed by atoms with Crippen LogP contribution in [0.25, 0.3) is 6.08 Å². The molecular weight excluding hydrogens is 342 g/mol. The zero-order valence-electron chi connectivity index (χ0n) is 15.4. The second-order valence-corrected chi connectivity index (χ2v) is 6.68. The molecule has 0 aliphatic carbocycles. The van der Waals surface area contributed by atoms with E-state index in [1.54, 1.807) is 6.08 Å². The smallest absolute Gasteiger partial charge is 0.330 e. The summed E-state index contributed by atoms with van der Waals surface area (Å²) in [6.45, 7) is 12.0. The van der Waals surface area contributed by atoms with Gasteiger partial charge < -0.3 is 19.1 Å². The zero-order chi connectivity index (χ0) is 17.6. The first kappa shape index (κ1) is 21.3. The minimum absolute atomic E-state index is 0. The summed E-state index contributed by atoms with van der Waals surface area (Å²) >= 11 is 0. The Morgan fingerprint density at radius 3 is 2.60 bits per heavy atom.